The lowest BCUT2D eigenvalue weighted by Gasteiger charge is -2.41. The first-order valence-electron chi connectivity index (χ1n) is 7.08. The number of carbonyl (C=O) groups excluding carboxylic acids is 1. The number of morpholine rings is 1. The summed E-state index contributed by atoms with van der Waals surface area (Å²) in [6.45, 7) is 0. The molecule has 0 spiro atoms. The van der Waals surface area contributed by atoms with Gasteiger partial charge in [0.15, 0.2) is 0 Å². The normalized spacial score (nSPS) is 24.8. The fraction of sp³-hybridized carbons (Fsp3) is 0.235. The Morgan fingerprint density at radius 3 is 1.96 bits per heavy atom. The number of aliphatic hydroxyl groups is 1. The first-order chi connectivity index (χ1) is 11.0. The van der Waals surface area contributed by atoms with Crippen LogP contribution in [0, 0.1) is 0 Å². The number of rotatable bonds is 2. The number of benzene rings is 2. The maximum absolute atomic E-state index is 12.1. The molecule has 0 radical (unpaired) electrons. The number of carbonyl (C=O) groups is 1. The van der Waals surface area contributed by atoms with Gasteiger partial charge in [0.05, 0.1) is 6.04 Å². The number of likely N-dealkylation sites (N-methyl/N-ethyl adjacent to an activating group) is 1. The number of hydrogen-bond acceptors (Lipinski definition) is 3. The highest BCUT2D eigenvalue weighted by atomic mass is 35.5. The Bertz CT molecular complexity index is 703. The Balaban J connectivity index is 2.03. The molecule has 2 aromatic rings. The molecule has 4 nitrogen and oxygen atoms in total. The van der Waals surface area contributed by atoms with Crippen LogP contribution in [0.15, 0.2) is 48.5 Å². The quantitative estimate of drug-likeness (QED) is 0.899. The Kier molecular flexibility index (Phi) is 4.60. The van der Waals surface area contributed by atoms with Crippen LogP contribution >= 0.6 is 23.2 Å². The van der Waals surface area contributed by atoms with Gasteiger partial charge in [0.2, 0.25) is 6.29 Å². The molecule has 1 aliphatic heterocycles. The van der Waals surface area contributed by atoms with Crippen molar-refractivity contribution in [2.24, 2.45) is 0 Å². The number of nitrogens with zero attached hydrogens (tertiary/aromatic N) is 1. The van der Waals surface area contributed by atoms with Crippen LogP contribution in [-0.2, 0) is 9.53 Å². The fourth-order valence-corrected chi connectivity index (χ4v) is 3.01. The second-order valence-electron chi connectivity index (χ2n) is 5.41. The van der Waals surface area contributed by atoms with Crippen LogP contribution in [-0.4, -0.2) is 29.3 Å². The molecule has 3 atom stereocenters. The molecule has 23 heavy (non-hydrogen) atoms. The molecule has 6 heteroatoms. The minimum atomic E-state index is -1.48. The van der Waals surface area contributed by atoms with E-state index in [1.807, 2.05) is 24.3 Å². The van der Waals surface area contributed by atoms with Crippen LogP contribution in [0.3, 0.4) is 0 Å². The molecule has 2 aromatic carbocycles. The largest absolute Gasteiger partial charge is 0.360 e. The maximum atomic E-state index is 12.1. The Morgan fingerprint density at radius 1 is 0.957 bits per heavy atom. The molecule has 0 bridgehead atoms. The summed E-state index contributed by atoms with van der Waals surface area (Å²) in [5, 5.41) is 11.1. The third-order valence-electron chi connectivity index (χ3n) is 3.95. The van der Waals surface area contributed by atoms with Crippen LogP contribution in [0.25, 0.3) is 0 Å². The zero-order valence-corrected chi connectivity index (χ0v) is 13.8. The number of aliphatic hydroxyl groups excluding tert-OH is 1. The van der Waals surface area contributed by atoms with E-state index in [4.69, 9.17) is 27.9 Å². The van der Waals surface area contributed by atoms with Crippen molar-refractivity contribution in [1.82, 2.24) is 4.90 Å². The van der Waals surface area contributed by atoms with Crippen molar-refractivity contribution >= 4 is 29.1 Å². The monoisotopic (exact) mass is 351 g/mol. The second kappa shape index (κ2) is 6.49. The molecular weight excluding hydrogens is 337 g/mol. The van der Waals surface area contributed by atoms with Gasteiger partial charge in [-0.25, -0.2) is 0 Å². The summed E-state index contributed by atoms with van der Waals surface area (Å²) in [5.41, 5.74) is 1.70. The van der Waals surface area contributed by atoms with Crippen LogP contribution in [0.4, 0.5) is 0 Å². The van der Waals surface area contributed by atoms with E-state index < -0.39 is 18.3 Å². The van der Waals surface area contributed by atoms with E-state index in [1.54, 1.807) is 31.3 Å². The lowest BCUT2D eigenvalue weighted by Crippen LogP contribution is -2.48. The summed E-state index contributed by atoms with van der Waals surface area (Å²) in [4.78, 5) is 13.6. The van der Waals surface area contributed by atoms with Gasteiger partial charge >= 0.3 is 0 Å². The third-order valence-corrected chi connectivity index (χ3v) is 4.45. The molecule has 0 saturated carbocycles. The van der Waals surface area contributed by atoms with E-state index >= 15 is 0 Å². The van der Waals surface area contributed by atoms with Crippen molar-refractivity contribution in [2.45, 2.75) is 18.4 Å². The van der Waals surface area contributed by atoms with Crippen LogP contribution in [0.5, 0.6) is 0 Å². The van der Waals surface area contributed by atoms with Crippen molar-refractivity contribution in [3.05, 3.63) is 69.7 Å². The summed E-state index contributed by atoms with van der Waals surface area (Å²) in [5.74, 6) is -0.477. The summed E-state index contributed by atoms with van der Waals surface area (Å²) >= 11 is 11.9. The van der Waals surface area contributed by atoms with Crippen molar-refractivity contribution in [3.63, 3.8) is 0 Å². The molecule has 1 fully saturated rings. The van der Waals surface area contributed by atoms with E-state index in [-0.39, 0.29) is 6.04 Å². The predicted molar refractivity (Wildman–Crippen MR) is 88.2 cm³/mol. The maximum Gasteiger partial charge on any atom is 0.279 e. The van der Waals surface area contributed by atoms with Gasteiger partial charge in [-0.05, 0) is 35.4 Å². The summed E-state index contributed by atoms with van der Waals surface area (Å²) < 4.78 is 5.58. The number of halogens is 2. The smallest absolute Gasteiger partial charge is 0.279 e. The molecule has 120 valence electrons. The standard InChI is InChI=1S/C17H15Cl2NO3/c1-20-14(10-2-6-12(18)7-3-10)15(23-17(22)16(20)21)11-4-8-13(19)9-5-11/h2-9,14-15,17,22H,1H3/t14-,15+,17-/m0/s1. The van der Waals surface area contributed by atoms with E-state index in [2.05, 4.69) is 0 Å². The van der Waals surface area contributed by atoms with Crippen molar-refractivity contribution in [3.8, 4) is 0 Å². The zero-order chi connectivity index (χ0) is 16.6. The summed E-state index contributed by atoms with van der Waals surface area (Å²) in [6.07, 6.45) is -1.99. The topological polar surface area (TPSA) is 49.8 Å². The molecule has 0 aliphatic carbocycles. The van der Waals surface area contributed by atoms with Gasteiger partial charge in [-0.3, -0.25) is 4.79 Å². The highest BCUT2D eigenvalue weighted by molar-refractivity contribution is 6.30. The molecule has 1 amide bonds. The Labute approximate surface area is 144 Å². The molecule has 1 saturated heterocycles. The average molecular weight is 352 g/mol. The molecule has 1 N–H and O–H groups in total. The van der Waals surface area contributed by atoms with Gasteiger partial charge in [-0.15, -0.1) is 0 Å². The van der Waals surface area contributed by atoms with E-state index in [0.29, 0.717) is 10.0 Å². The number of amides is 1. The average Bonchev–Trinajstić information content (AvgIpc) is 2.54. The molecule has 0 unspecified atom stereocenters. The van der Waals surface area contributed by atoms with Gasteiger partial charge in [0.25, 0.3) is 5.91 Å². The fourth-order valence-electron chi connectivity index (χ4n) is 2.76. The Morgan fingerprint density at radius 2 is 1.43 bits per heavy atom. The van der Waals surface area contributed by atoms with Crippen molar-refractivity contribution < 1.29 is 14.6 Å². The highest BCUT2D eigenvalue weighted by Crippen LogP contribution is 2.41. The van der Waals surface area contributed by atoms with Gasteiger partial charge in [-0.2, -0.15) is 0 Å². The lowest BCUT2D eigenvalue weighted by atomic mass is 9.93. The number of ether oxygens (including phenoxy) is 1. The van der Waals surface area contributed by atoms with Crippen molar-refractivity contribution in [2.75, 3.05) is 7.05 Å². The first kappa shape index (κ1) is 16.3. The van der Waals surface area contributed by atoms with Gasteiger partial charge in [-0.1, -0.05) is 47.5 Å². The molecule has 0 aromatic heterocycles. The van der Waals surface area contributed by atoms with E-state index in [1.165, 1.54) is 4.90 Å². The predicted octanol–water partition coefficient (Wildman–Crippen LogP) is 3.58. The van der Waals surface area contributed by atoms with E-state index in [0.717, 1.165) is 11.1 Å². The SMILES string of the molecule is CN1C(=O)[C@@H](O)O[C@H](c2ccc(Cl)cc2)[C@@H]1c1ccc(Cl)cc1. The van der Waals surface area contributed by atoms with Crippen LogP contribution < -0.4 is 0 Å². The minimum Gasteiger partial charge on any atom is -0.360 e. The van der Waals surface area contributed by atoms with Crippen molar-refractivity contribution in [1.29, 1.82) is 0 Å². The third kappa shape index (κ3) is 3.21. The summed E-state index contributed by atoms with van der Waals surface area (Å²) in [7, 11) is 1.65. The first-order valence-corrected chi connectivity index (χ1v) is 7.84. The van der Waals surface area contributed by atoms with Gasteiger partial charge < -0.3 is 14.7 Å². The highest BCUT2D eigenvalue weighted by Gasteiger charge is 2.41. The van der Waals surface area contributed by atoms with Crippen LogP contribution in [0.2, 0.25) is 10.0 Å². The number of hydrogen-bond donors (Lipinski definition) is 1. The van der Waals surface area contributed by atoms with Crippen LogP contribution in [0.1, 0.15) is 23.3 Å². The van der Waals surface area contributed by atoms with E-state index in [9.17, 15) is 9.90 Å². The molecular formula is C17H15Cl2NO3. The van der Waals surface area contributed by atoms with Gasteiger partial charge in [0.1, 0.15) is 6.10 Å². The molecule has 3 rings (SSSR count). The van der Waals surface area contributed by atoms with Gasteiger partial charge in [0, 0.05) is 17.1 Å². The second-order valence-corrected chi connectivity index (χ2v) is 6.28. The lowest BCUT2D eigenvalue weighted by molar-refractivity contribution is -0.211. The molecule has 1 heterocycles. The Hall–Kier alpha value is -1.59. The minimum absolute atomic E-state index is 0.371. The summed E-state index contributed by atoms with van der Waals surface area (Å²) in [6, 6.07) is 14.0. The molecule has 1 aliphatic rings. The zero-order valence-electron chi connectivity index (χ0n) is 12.3.